The van der Waals surface area contributed by atoms with E-state index < -0.39 is 21.3 Å². The normalized spacial score (nSPS) is 14.9. The fraction of sp³-hybridized carbons (Fsp3) is 0.857. The van der Waals surface area contributed by atoms with E-state index in [-0.39, 0.29) is 4.99 Å². The van der Waals surface area contributed by atoms with Crippen molar-refractivity contribution in [3.05, 3.63) is 0 Å². The second-order valence-corrected chi connectivity index (χ2v) is 6.21. The maximum absolute atomic E-state index is 11.6. The molecule has 0 aromatic rings. The Hall–Kier alpha value is -0.200. The van der Waals surface area contributed by atoms with Crippen LogP contribution < -0.4 is 5.73 Å². The van der Waals surface area contributed by atoms with Gasteiger partial charge in [0.05, 0.1) is 16.3 Å². The molecule has 0 radical (unpaired) electrons. The lowest BCUT2D eigenvalue weighted by atomic mass is 10.3. The Morgan fingerprint density at radius 2 is 1.77 bits per heavy atom. The predicted molar refractivity (Wildman–Crippen MR) is 58.1 cm³/mol. The van der Waals surface area contributed by atoms with Crippen LogP contribution >= 0.6 is 12.2 Å². The first kappa shape index (κ1) is 12.8. The van der Waals surface area contributed by atoms with Crippen LogP contribution in [-0.4, -0.2) is 36.1 Å². The van der Waals surface area contributed by atoms with Gasteiger partial charge in [-0.05, 0) is 20.8 Å². The highest BCUT2D eigenvalue weighted by Crippen LogP contribution is 2.09. The summed E-state index contributed by atoms with van der Waals surface area (Å²) < 4.78 is 24.4. The van der Waals surface area contributed by atoms with Crippen molar-refractivity contribution in [3.63, 3.8) is 0 Å². The van der Waals surface area contributed by atoms with Crippen molar-refractivity contribution < 1.29 is 8.42 Å². The van der Waals surface area contributed by atoms with Gasteiger partial charge in [-0.15, -0.1) is 0 Å². The number of nitrogens with two attached hydrogens (primary N) is 1. The van der Waals surface area contributed by atoms with E-state index in [1.165, 1.54) is 11.4 Å². The molecule has 1 unspecified atom stereocenters. The minimum absolute atomic E-state index is 0.187. The van der Waals surface area contributed by atoms with Gasteiger partial charge in [-0.3, -0.25) is 0 Å². The van der Waals surface area contributed by atoms with E-state index in [0.717, 1.165) is 0 Å². The van der Waals surface area contributed by atoms with Crippen LogP contribution in [0.4, 0.5) is 0 Å². The van der Waals surface area contributed by atoms with Crippen molar-refractivity contribution in [1.29, 1.82) is 0 Å². The highest BCUT2D eigenvalue weighted by Gasteiger charge is 2.27. The summed E-state index contributed by atoms with van der Waals surface area (Å²) in [6, 6.07) is -0.428. The molecule has 0 bridgehead atoms. The van der Waals surface area contributed by atoms with Crippen molar-refractivity contribution in [2.24, 2.45) is 5.73 Å². The van der Waals surface area contributed by atoms with Gasteiger partial charge < -0.3 is 5.73 Å². The van der Waals surface area contributed by atoms with Crippen LogP contribution in [0, 0.1) is 0 Å². The second kappa shape index (κ2) is 4.34. The van der Waals surface area contributed by atoms with Gasteiger partial charge in [0.2, 0.25) is 10.0 Å². The van der Waals surface area contributed by atoms with E-state index in [0.29, 0.717) is 0 Å². The number of sulfonamides is 1. The van der Waals surface area contributed by atoms with Gasteiger partial charge in [-0.1, -0.05) is 12.2 Å². The Morgan fingerprint density at radius 3 is 2.00 bits per heavy atom. The zero-order chi connectivity index (χ0) is 10.8. The van der Waals surface area contributed by atoms with E-state index in [9.17, 15) is 8.42 Å². The summed E-state index contributed by atoms with van der Waals surface area (Å²) in [4.78, 5) is 0.187. The lowest BCUT2D eigenvalue weighted by Crippen LogP contribution is -2.45. The summed E-state index contributed by atoms with van der Waals surface area (Å²) in [6.07, 6.45) is 0. The predicted octanol–water partition coefficient (Wildman–Crippen LogP) is 0.331. The fourth-order valence-electron chi connectivity index (χ4n) is 0.732. The molecule has 0 saturated heterocycles. The monoisotopic (exact) mass is 224 g/mol. The quantitative estimate of drug-likeness (QED) is 0.699. The number of rotatable bonds is 4. The molecule has 0 aliphatic heterocycles. The first-order valence-electron chi connectivity index (χ1n) is 3.97. The molecule has 13 heavy (non-hydrogen) atoms. The van der Waals surface area contributed by atoms with E-state index >= 15 is 0 Å². The Bertz CT molecular complexity index is 285. The van der Waals surface area contributed by atoms with E-state index in [2.05, 4.69) is 0 Å². The Balaban J connectivity index is 4.80. The second-order valence-electron chi connectivity index (χ2n) is 3.19. The summed E-state index contributed by atoms with van der Waals surface area (Å²) in [5.74, 6) is 0. The molecule has 0 heterocycles. The molecule has 6 heteroatoms. The standard InChI is InChI=1S/C7H16N2O2S2/c1-5(2)13(10,11)9(4)6(3)7(8)12/h5-6H,1-4H3,(H2,8,12). The maximum atomic E-state index is 11.6. The Kier molecular flexibility index (Phi) is 4.28. The zero-order valence-corrected chi connectivity index (χ0v) is 9.95. The first-order chi connectivity index (χ1) is 5.71. The molecule has 78 valence electrons. The van der Waals surface area contributed by atoms with E-state index in [4.69, 9.17) is 18.0 Å². The number of hydrogen-bond acceptors (Lipinski definition) is 3. The highest BCUT2D eigenvalue weighted by atomic mass is 32.2. The van der Waals surface area contributed by atoms with Crippen LogP contribution in [0.15, 0.2) is 0 Å². The van der Waals surface area contributed by atoms with Crippen molar-refractivity contribution >= 4 is 27.2 Å². The molecule has 0 aromatic heterocycles. The number of likely N-dealkylation sites (N-methyl/N-ethyl adjacent to an activating group) is 1. The molecule has 0 spiro atoms. The minimum atomic E-state index is -3.26. The maximum Gasteiger partial charge on any atom is 0.216 e. The third kappa shape index (κ3) is 2.89. The molecule has 1 atom stereocenters. The smallest absolute Gasteiger partial charge is 0.216 e. The van der Waals surface area contributed by atoms with Gasteiger partial charge >= 0.3 is 0 Å². The molecule has 0 saturated carbocycles. The molecular formula is C7H16N2O2S2. The largest absolute Gasteiger partial charge is 0.392 e. The number of nitrogens with zero attached hydrogens (tertiary/aromatic N) is 1. The molecule has 2 N–H and O–H groups in total. The van der Waals surface area contributed by atoms with E-state index in [1.54, 1.807) is 20.8 Å². The van der Waals surface area contributed by atoms with Crippen molar-refractivity contribution in [3.8, 4) is 0 Å². The molecule has 0 aromatic carbocycles. The SMILES string of the molecule is CC(C(N)=S)N(C)S(=O)(=O)C(C)C. The molecule has 0 fully saturated rings. The number of thiocarbonyl (C=S) groups is 1. The molecule has 0 rings (SSSR count). The fourth-order valence-corrected chi connectivity index (χ4v) is 2.18. The third-order valence-electron chi connectivity index (χ3n) is 1.95. The van der Waals surface area contributed by atoms with Crippen molar-refractivity contribution in [2.45, 2.75) is 32.1 Å². The van der Waals surface area contributed by atoms with Crippen molar-refractivity contribution in [1.82, 2.24) is 4.31 Å². The number of hydrogen-bond donors (Lipinski definition) is 1. The molecule has 0 amide bonds. The van der Waals surface area contributed by atoms with Crippen LogP contribution in [0.3, 0.4) is 0 Å². The minimum Gasteiger partial charge on any atom is -0.392 e. The Morgan fingerprint density at radius 1 is 1.38 bits per heavy atom. The summed E-state index contributed by atoms with van der Waals surface area (Å²) in [5, 5.41) is -0.450. The average Bonchev–Trinajstić information content (AvgIpc) is 2.01. The average molecular weight is 224 g/mol. The third-order valence-corrected chi connectivity index (χ3v) is 4.61. The van der Waals surface area contributed by atoms with Gasteiger partial charge in [0, 0.05) is 7.05 Å². The topological polar surface area (TPSA) is 63.4 Å². The van der Waals surface area contributed by atoms with Crippen LogP contribution in [0.25, 0.3) is 0 Å². The summed E-state index contributed by atoms with van der Waals surface area (Å²) >= 11 is 4.72. The lowest BCUT2D eigenvalue weighted by molar-refractivity contribution is 0.445. The molecular weight excluding hydrogens is 208 g/mol. The zero-order valence-electron chi connectivity index (χ0n) is 8.31. The highest BCUT2D eigenvalue weighted by molar-refractivity contribution is 7.89. The van der Waals surface area contributed by atoms with Gasteiger partial charge in [-0.2, -0.15) is 4.31 Å². The lowest BCUT2D eigenvalue weighted by Gasteiger charge is -2.25. The summed E-state index contributed by atoms with van der Waals surface area (Å²) in [7, 11) is -1.77. The van der Waals surface area contributed by atoms with Crippen LogP contribution in [0.5, 0.6) is 0 Å². The first-order valence-corrected chi connectivity index (χ1v) is 5.88. The van der Waals surface area contributed by atoms with Crippen LogP contribution in [0.2, 0.25) is 0 Å². The van der Waals surface area contributed by atoms with Crippen LogP contribution in [0.1, 0.15) is 20.8 Å². The summed E-state index contributed by atoms with van der Waals surface area (Å²) in [6.45, 7) is 4.92. The van der Waals surface area contributed by atoms with E-state index in [1.807, 2.05) is 0 Å². The molecule has 0 aliphatic carbocycles. The molecule has 4 nitrogen and oxygen atoms in total. The van der Waals surface area contributed by atoms with Gasteiger partial charge in [0.1, 0.15) is 0 Å². The summed E-state index contributed by atoms with van der Waals surface area (Å²) in [5.41, 5.74) is 5.36. The van der Waals surface area contributed by atoms with Gasteiger partial charge in [-0.25, -0.2) is 8.42 Å². The molecule has 0 aliphatic rings. The van der Waals surface area contributed by atoms with Crippen LogP contribution in [-0.2, 0) is 10.0 Å². The Labute approximate surface area is 85.1 Å². The van der Waals surface area contributed by atoms with Gasteiger partial charge in [0.15, 0.2) is 0 Å². The van der Waals surface area contributed by atoms with Crippen molar-refractivity contribution in [2.75, 3.05) is 7.05 Å². The van der Waals surface area contributed by atoms with Gasteiger partial charge in [0.25, 0.3) is 0 Å².